The maximum atomic E-state index is 13.1. The summed E-state index contributed by atoms with van der Waals surface area (Å²) in [4.78, 5) is 56.9. The van der Waals surface area contributed by atoms with Crippen molar-refractivity contribution in [3.05, 3.63) is 128 Å². The zero-order valence-electron chi connectivity index (χ0n) is 58.2. The van der Waals surface area contributed by atoms with Gasteiger partial charge < -0.3 is 60.2 Å². The maximum Gasteiger partial charge on any atom is 0.483 e. The van der Waals surface area contributed by atoms with Crippen molar-refractivity contribution in [3.63, 3.8) is 0 Å². The Balaban J connectivity index is 1.72. The van der Waals surface area contributed by atoms with Crippen molar-refractivity contribution in [2.75, 3.05) is 13.2 Å². The number of nitrogens with one attached hydrogen (secondary N) is 2. The van der Waals surface area contributed by atoms with Crippen LogP contribution in [-0.4, -0.2) is 128 Å². The quantitative estimate of drug-likeness (QED) is 0.0202. The van der Waals surface area contributed by atoms with Gasteiger partial charge in [0.25, 0.3) is 0 Å². The third kappa shape index (κ3) is 37.0. The van der Waals surface area contributed by atoms with E-state index < -0.39 is 108 Å². The summed E-state index contributed by atoms with van der Waals surface area (Å²) >= 11 is 0. The molecule has 2 unspecified atom stereocenters. The Morgan fingerprint density at radius 1 is 0.430 bits per heavy atom. The summed E-state index contributed by atoms with van der Waals surface area (Å²) < 4.78 is 57.0. The summed E-state index contributed by atoms with van der Waals surface area (Å²) in [6.45, 7) is 26.7. The molecule has 2 fully saturated rings. The van der Waals surface area contributed by atoms with Crippen LogP contribution in [0.2, 0.25) is 0 Å². The number of allylic oxidation sites excluding steroid dienone is 21. The molecule has 20 nitrogen and oxygen atoms in total. The standard InChI is InChI=1S/C71H116N2O18P2/c1-48(2)25-15-26-49(3)27-16-28-50(4)29-17-30-51(5)31-18-32-52(6)33-19-34-53(7)35-20-36-54(8)37-21-38-55(9)39-22-40-56(10)41-23-42-57(11)43-24-44-58(12)45-46-86-92(82,83)91-93(84,85)90-71-63(73-60(14)76)65(78)67(61(47-74)87-71)88-70-62(72-59(13)75)64(77)66(79)68(89-70)69(80)81/h25,27,29,31,33,35,37,39,41,43,45,61-68,70-71,74,77-79H,15-24,26,28,30,32,34,36,38,40,42,44,46-47H2,1-14H3,(H,72,75)(H,73,76)(H,80,81)(H,82,83)(H,84,85)/b49-27+,50-29+,51-31-,52-33-,53-35-,54-37-,55-39-,56-41-,57-43-,58-45-/t61-,62+,63-,64-,65-,66+,67-,68+,70-,71-/m1/s1. The van der Waals surface area contributed by atoms with Crippen LogP contribution in [0, 0.1) is 0 Å². The third-order valence-electron chi connectivity index (χ3n) is 16.2. The summed E-state index contributed by atoms with van der Waals surface area (Å²) in [5, 5.41) is 56.6. The molecule has 0 aliphatic carbocycles. The zero-order valence-corrected chi connectivity index (χ0v) is 60.0. The Morgan fingerprint density at radius 3 is 1.04 bits per heavy atom. The molecule has 2 heterocycles. The van der Waals surface area contributed by atoms with Crippen molar-refractivity contribution in [2.45, 2.75) is 287 Å². The number of aliphatic hydroxyl groups excluding tert-OH is 4. The van der Waals surface area contributed by atoms with E-state index >= 15 is 0 Å². The molecule has 0 aromatic carbocycles. The van der Waals surface area contributed by atoms with Gasteiger partial charge in [-0.2, -0.15) is 4.31 Å². The molecule has 2 rings (SSSR count). The molecule has 0 aromatic rings. The van der Waals surface area contributed by atoms with Gasteiger partial charge >= 0.3 is 21.6 Å². The van der Waals surface area contributed by atoms with Crippen LogP contribution in [0.25, 0.3) is 0 Å². The van der Waals surface area contributed by atoms with Crippen molar-refractivity contribution in [1.29, 1.82) is 0 Å². The number of amides is 2. The number of hydrogen-bond acceptors (Lipinski definition) is 15. The number of aliphatic carboxylic acids is 1. The summed E-state index contributed by atoms with van der Waals surface area (Å²) in [6.07, 6.45) is 29.9. The van der Waals surface area contributed by atoms with Crippen LogP contribution in [0.15, 0.2) is 128 Å². The van der Waals surface area contributed by atoms with E-state index in [1.54, 1.807) is 6.92 Å². The second-order valence-corrected chi connectivity index (χ2v) is 28.6. The molecule has 2 saturated heterocycles. The van der Waals surface area contributed by atoms with Gasteiger partial charge in [-0.1, -0.05) is 128 Å². The Kier molecular flexibility index (Phi) is 41.0. The van der Waals surface area contributed by atoms with E-state index in [2.05, 4.69) is 152 Å². The van der Waals surface area contributed by atoms with E-state index in [1.807, 2.05) is 0 Å². The van der Waals surface area contributed by atoms with Gasteiger partial charge in [0.1, 0.15) is 42.6 Å². The van der Waals surface area contributed by atoms with Gasteiger partial charge in [-0.05, 0) is 212 Å². The van der Waals surface area contributed by atoms with Crippen LogP contribution in [-0.2, 0) is 51.1 Å². The fraction of sp³-hybridized carbons (Fsp3) is 0.648. The summed E-state index contributed by atoms with van der Waals surface area (Å²) in [5.41, 5.74) is 15.1. The predicted molar refractivity (Wildman–Crippen MR) is 367 cm³/mol. The number of phosphoric ester groups is 2. The van der Waals surface area contributed by atoms with E-state index in [-0.39, 0.29) is 0 Å². The molecule has 2 amide bonds. The lowest BCUT2D eigenvalue weighted by molar-refractivity contribution is -0.321. The molecule has 528 valence electrons. The number of carboxylic acids is 1. The van der Waals surface area contributed by atoms with Crippen LogP contribution in [0.1, 0.15) is 225 Å². The Morgan fingerprint density at radius 2 is 0.742 bits per heavy atom. The molecule has 2 aliphatic rings. The van der Waals surface area contributed by atoms with Gasteiger partial charge in [0.15, 0.2) is 18.7 Å². The first-order valence-electron chi connectivity index (χ1n) is 33.0. The molecule has 12 atom stereocenters. The summed E-state index contributed by atoms with van der Waals surface area (Å²) in [6, 6.07) is -3.50. The first-order chi connectivity index (χ1) is 43.7. The normalized spacial score (nSPS) is 24.9. The molecular weight excluding hydrogens is 1230 g/mol. The number of phosphoric acid groups is 2. The lowest BCUT2D eigenvalue weighted by Gasteiger charge is -2.47. The van der Waals surface area contributed by atoms with Crippen molar-refractivity contribution in [3.8, 4) is 0 Å². The van der Waals surface area contributed by atoms with Crippen molar-refractivity contribution in [1.82, 2.24) is 10.6 Å². The van der Waals surface area contributed by atoms with Gasteiger partial charge in [0.2, 0.25) is 11.8 Å². The van der Waals surface area contributed by atoms with Gasteiger partial charge in [0, 0.05) is 13.8 Å². The van der Waals surface area contributed by atoms with Crippen molar-refractivity contribution in [2.24, 2.45) is 0 Å². The van der Waals surface area contributed by atoms with E-state index in [4.69, 9.17) is 23.3 Å². The highest BCUT2D eigenvalue weighted by Crippen LogP contribution is 2.61. The number of aliphatic hydroxyl groups is 4. The lowest BCUT2D eigenvalue weighted by atomic mass is 9.94. The molecular formula is C71H116N2O18P2. The summed E-state index contributed by atoms with van der Waals surface area (Å²) in [7, 11) is -11.0. The number of hydrogen-bond donors (Lipinski definition) is 9. The first-order valence-corrected chi connectivity index (χ1v) is 36.0. The fourth-order valence-electron chi connectivity index (χ4n) is 10.5. The van der Waals surface area contributed by atoms with Crippen molar-refractivity contribution < 1.29 is 86.4 Å². The Bertz CT molecular complexity index is 2800. The molecule has 2 aliphatic heterocycles. The third-order valence-corrected chi connectivity index (χ3v) is 18.8. The number of ether oxygens (including phenoxy) is 3. The maximum absolute atomic E-state index is 13.1. The fourth-order valence-corrected chi connectivity index (χ4v) is 12.6. The number of carbonyl (C=O) groups is 3. The van der Waals surface area contributed by atoms with E-state index in [9.17, 15) is 58.8 Å². The molecule has 22 heteroatoms. The van der Waals surface area contributed by atoms with Crippen LogP contribution in [0.4, 0.5) is 0 Å². The zero-order chi connectivity index (χ0) is 69.8. The van der Waals surface area contributed by atoms with E-state index in [1.165, 1.54) is 61.8 Å². The summed E-state index contributed by atoms with van der Waals surface area (Å²) in [5.74, 6) is -3.36. The highest BCUT2D eigenvalue weighted by Gasteiger charge is 2.54. The minimum absolute atomic E-state index is 0.500. The van der Waals surface area contributed by atoms with Crippen LogP contribution >= 0.6 is 15.6 Å². The van der Waals surface area contributed by atoms with Gasteiger partial charge in [0.05, 0.1) is 13.2 Å². The first kappa shape index (κ1) is 84.6. The monoisotopic (exact) mass is 1350 g/mol. The molecule has 0 radical (unpaired) electrons. The Hall–Kier alpha value is -4.47. The lowest BCUT2D eigenvalue weighted by Crippen LogP contribution is -2.69. The second-order valence-electron chi connectivity index (χ2n) is 25.6. The molecule has 9 N–H and O–H groups in total. The number of rotatable bonds is 43. The molecule has 0 spiro atoms. The Labute approximate surface area is 556 Å². The minimum atomic E-state index is -5.67. The van der Waals surface area contributed by atoms with E-state index in [0.717, 1.165) is 135 Å². The van der Waals surface area contributed by atoms with Gasteiger partial charge in [-0.3, -0.25) is 18.6 Å². The largest absolute Gasteiger partial charge is 0.483 e. The number of carboxylic acid groups (broad SMARTS) is 1. The second kappa shape index (κ2) is 45.1. The highest BCUT2D eigenvalue weighted by molar-refractivity contribution is 7.61. The van der Waals surface area contributed by atoms with Crippen LogP contribution in [0.5, 0.6) is 0 Å². The molecule has 0 bridgehead atoms. The predicted octanol–water partition coefficient (Wildman–Crippen LogP) is 14.5. The van der Waals surface area contributed by atoms with Crippen LogP contribution < -0.4 is 10.6 Å². The SMILES string of the molecule is CC(=O)N[C@@H]1[C@H](O[C@H]2[C@H](O)[C@@H](NC(C)=O)[C@@H](OP(=O)(O)OP(=O)(O)OC/C=C(/C)CC/C=C(/C)CC/C=C(/C)CC/C=C(/C)CC/C=C(/C)CC/C=C(/C)CC/C=C(/C)CC/C=C(/C)CC/C=C(\C)CC/C=C(\C)CCC=C(C)C)O[C@@H]2CO)O[C@H](C(=O)O)[C@@H](O)[C@@H]1O. The topological polar surface area (TPSA) is 306 Å². The van der Waals surface area contributed by atoms with Crippen LogP contribution in [0.3, 0.4) is 0 Å². The van der Waals surface area contributed by atoms with Crippen molar-refractivity contribution >= 4 is 33.4 Å². The smallest absolute Gasteiger partial charge is 0.479 e. The average Bonchev–Trinajstić information content (AvgIpc) is 0.780. The van der Waals surface area contributed by atoms with E-state index in [0.29, 0.717) is 12.8 Å². The highest BCUT2D eigenvalue weighted by atomic mass is 31.3. The minimum Gasteiger partial charge on any atom is -0.479 e. The average molecular weight is 1350 g/mol. The molecule has 0 saturated carbocycles. The number of carbonyl (C=O) groups excluding carboxylic acids is 2. The van der Waals surface area contributed by atoms with Gasteiger partial charge in [-0.25, -0.2) is 13.9 Å². The molecule has 93 heavy (non-hydrogen) atoms. The van der Waals surface area contributed by atoms with Gasteiger partial charge in [-0.15, -0.1) is 0 Å². The molecule has 0 aromatic heterocycles.